The summed E-state index contributed by atoms with van der Waals surface area (Å²) in [5.41, 5.74) is -0.431. The van der Waals surface area contributed by atoms with Crippen LogP contribution in [0.2, 0.25) is 0 Å². The molecule has 2 aliphatic rings. The van der Waals surface area contributed by atoms with Gasteiger partial charge in [-0.25, -0.2) is 0 Å². The summed E-state index contributed by atoms with van der Waals surface area (Å²) in [4.78, 5) is 0. The van der Waals surface area contributed by atoms with E-state index in [-0.39, 0.29) is 6.10 Å². The fraction of sp³-hybridized carbons (Fsp3) is 1.00. The molecule has 0 bridgehead atoms. The summed E-state index contributed by atoms with van der Waals surface area (Å²) >= 11 is 1.38. The molecule has 1 aliphatic carbocycles. The molecule has 5 heteroatoms. The van der Waals surface area contributed by atoms with Crippen molar-refractivity contribution in [3.8, 4) is 0 Å². The summed E-state index contributed by atoms with van der Waals surface area (Å²) in [6, 6.07) is 0. The first kappa shape index (κ1) is 13.6. The van der Waals surface area contributed by atoms with Crippen molar-refractivity contribution < 1.29 is 20.1 Å². The highest BCUT2D eigenvalue weighted by Gasteiger charge is 2.43. The zero-order valence-electron chi connectivity index (χ0n) is 10.2. The van der Waals surface area contributed by atoms with Gasteiger partial charge in [0.15, 0.2) is 0 Å². The van der Waals surface area contributed by atoms with E-state index in [4.69, 9.17) is 4.74 Å². The Bertz CT molecular complexity index is 241. The molecule has 0 aromatic carbocycles. The molecule has 1 heterocycles. The largest absolute Gasteiger partial charge is 0.388 e. The fourth-order valence-electron chi connectivity index (χ4n) is 2.88. The lowest BCUT2D eigenvalue weighted by molar-refractivity contribution is -0.201. The van der Waals surface area contributed by atoms with Crippen LogP contribution >= 0.6 is 11.8 Å². The quantitative estimate of drug-likeness (QED) is 0.700. The number of rotatable bonds is 3. The first-order valence-electron chi connectivity index (χ1n) is 6.36. The average Bonchev–Trinajstić information content (AvgIpc) is 2.83. The number of hydrogen-bond acceptors (Lipinski definition) is 5. The average molecular weight is 262 g/mol. The van der Waals surface area contributed by atoms with Crippen LogP contribution in [0.5, 0.6) is 0 Å². The second-order valence-corrected chi connectivity index (χ2v) is 6.07. The van der Waals surface area contributed by atoms with Crippen molar-refractivity contribution in [1.29, 1.82) is 0 Å². The molecule has 1 aliphatic heterocycles. The summed E-state index contributed by atoms with van der Waals surface area (Å²) in [6.45, 7) is 0. The van der Waals surface area contributed by atoms with Crippen LogP contribution in [-0.2, 0) is 4.74 Å². The number of thioether (sulfide) groups is 1. The molecule has 0 amide bonds. The van der Waals surface area contributed by atoms with Crippen LogP contribution < -0.4 is 0 Å². The van der Waals surface area contributed by atoms with Crippen LogP contribution in [0.15, 0.2) is 0 Å². The minimum atomic E-state index is -1.09. The summed E-state index contributed by atoms with van der Waals surface area (Å²) in [5.74, 6) is 0.597. The monoisotopic (exact) mass is 262 g/mol. The number of ether oxygens (including phenoxy) is 1. The Morgan fingerprint density at radius 1 is 1.06 bits per heavy atom. The lowest BCUT2D eigenvalue weighted by Crippen LogP contribution is -2.56. The van der Waals surface area contributed by atoms with Crippen molar-refractivity contribution >= 4 is 11.8 Å². The number of aliphatic hydroxyl groups is 3. The molecule has 17 heavy (non-hydrogen) atoms. The summed E-state index contributed by atoms with van der Waals surface area (Å²) in [5, 5.41) is 29.5. The molecule has 4 nitrogen and oxygen atoms in total. The number of aliphatic hydroxyl groups excluding tert-OH is 3. The molecule has 1 saturated heterocycles. The van der Waals surface area contributed by atoms with Crippen LogP contribution in [0.25, 0.3) is 0 Å². The van der Waals surface area contributed by atoms with Crippen LogP contribution in [0.4, 0.5) is 0 Å². The van der Waals surface area contributed by atoms with E-state index in [2.05, 4.69) is 0 Å². The maximum absolute atomic E-state index is 9.94. The third-order valence-corrected chi connectivity index (χ3v) is 4.80. The second kappa shape index (κ2) is 5.89. The molecular formula is C12H22O4S. The molecule has 1 saturated carbocycles. The van der Waals surface area contributed by atoms with Crippen molar-refractivity contribution in [1.82, 2.24) is 0 Å². The summed E-state index contributed by atoms with van der Waals surface area (Å²) in [7, 11) is 0. The maximum Gasteiger partial charge on any atom is 0.132 e. The zero-order chi connectivity index (χ0) is 12.4. The van der Waals surface area contributed by atoms with Crippen molar-refractivity contribution in [3.63, 3.8) is 0 Å². The summed E-state index contributed by atoms with van der Waals surface area (Å²) in [6.07, 6.45) is 4.13. The molecule has 0 spiro atoms. The van der Waals surface area contributed by atoms with Crippen molar-refractivity contribution in [2.75, 3.05) is 6.26 Å². The van der Waals surface area contributed by atoms with E-state index in [1.165, 1.54) is 37.4 Å². The smallest absolute Gasteiger partial charge is 0.132 e. The predicted octanol–water partition coefficient (Wildman–Crippen LogP) is 0.737. The van der Waals surface area contributed by atoms with E-state index in [1.54, 1.807) is 0 Å². The molecule has 5 atom stereocenters. The van der Waals surface area contributed by atoms with Crippen LogP contribution in [0.1, 0.15) is 32.1 Å². The van der Waals surface area contributed by atoms with E-state index in [1.807, 2.05) is 6.26 Å². The zero-order valence-corrected chi connectivity index (χ0v) is 11.0. The second-order valence-electron chi connectivity index (χ2n) is 5.14. The van der Waals surface area contributed by atoms with E-state index in [0.29, 0.717) is 5.92 Å². The number of hydrogen-bond donors (Lipinski definition) is 3. The van der Waals surface area contributed by atoms with Crippen molar-refractivity contribution in [3.05, 3.63) is 0 Å². The van der Waals surface area contributed by atoms with Gasteiger partial charge in [0.25, 0.3) is 0 Å². The molecule has 3 N–H and O–H groups in total. The molecule has 0 radical (unpaired) electrons. The van der Waals surface area contributed by atoms with Crippen LogP contribution in [-0.4, -0.2) is 51.4 Å². The Balaban J connectivity index is 1.95. The molecule has 0 unspecified atom stereocenters. The minimum Gasteiger partial charge on any atom is -0.388 e. The lowest BCUT2D eigenvalue weighted by Gasteiger charge is -2.40. The van der Waals surface area contributed by atoms with Gasteiger partial charge >= 0.3 is 0 Å². The molecule has 2 fully saturated rings. The first-order chi connectivity index (χ1) is 8.13. The highest BCUT2D eigenvalue weighted by molar-refractivity contribution is 7.99. The first-order valence-corrected chi connectivity index (χ1v) is 7.64. The van der Waals surface area contributed by atoms with Gasteiger partial charge in [0.05, 0.1) is 6.10 Å². The van der Waals surface area contributed by atoms with E-state index in [9.17, 15) is 15.3 Å². The Labute approximate surface area is 106 Å². The highest BCUT2D eigenvalue weighted by Crippen LogP contribution is 2.34. The van der Waals surface area contributed by atoms with E-state index >= 15 is 0 Å². The molecule has 2 rings (SSSR count). The van der Waals surface area contributed by atoms with Gasteiger partial charge in [0.2, 0.25) is 0 Å². The topological polar surface area (TPSA) is 69.9 Å². The molecule has 0 aromatic rings. The summed E-state index contributed by atoms with van der Waals surface area (Å²) < 4.78 is 5.70. The Kier molecular flexibility index (Phi) is 4.72. The van der Waals surface area contributed by atoms with Gasteiger partial charge in [-0.3, -0.25) is 0 Å². The van der Waals surface area contributed by atoms with Crippen molar-refractivity contribution in [2.24, 2.45) is 5.92 Å². The maximum atomic E-state index is 9.94. The van der Waals surface area contributed by atoms with Gasteiger partial charge in [-0.15, -0.1) is 11.8 Å². The Morgan fingerprint density at radius 3 is 2.29 bits per heavy atom. The normalized spacial score (nSPS) is 44.1. The highest BCUT2D eigenvalue weighted by atomic mass is 32.2. The molecular weight excluding hydrogens is 240 g/mol. The lowest BCUT2D eigenvalue weighted by atomic mass is 9.91. The SMILES string of the molecule is CS[C@H]1O[C@H](CC2CCCC2)[C@H](O)[C@H](O)[C@H]1O. The molecule has 100 valence electrons. The Morgan fingerprint density at radius 2 is 1.71 bits per heavy atom. The van der Waals surface area contributed by atoms with Gasteiger partial charge in [0.1, 0.15) is 23.7 Å². The van der Waals surface area contributed by atoms with Gasteiger partial charge in [0, 0.05) is 0 Å². The fourth-order valence-corrected chi connectivity index (χ4v) is 3.57. The van der Waals surface area contributed by atoms with Gasteiger partial charge < -0.3 is 20.1 Å². The Hall–Kier alpha value is 0.190. The van der Waals surface area contributed by atoms with Gasteiger partial charge in [-0.2, -0.15) is 0 Å². The predicted molar refractivity (Wildman–Crippen MR) is 66.8 cm³/mol. The van der Waals surface area contributed by atoms with Crippen molar-refractivity contribution in [2.45, 2.75) is 62.0 Å². The third kappa shape index (κ3) is 2.96. The van der Waals surface area contributed by atoms with Crippen LogP contribution in [0, 0.1) is 5.92 Å². The third-order valence-electron chi connectivity index (χ3n) is 3.94. The van der Waals surface area contributed by atoms with Crippen LogP contribution in [0.3, 0.4) is 0 Å². The van der Waals surface area contributed by atoms with Gasteiger partial charge in [-0.05, 0) is 18.6 Å². The van der Waals surface area contributed by atoms with E-state index in [0.717, 1.165) is 6.42 Å². The minimum absolute atomic E-state index is 0.339. The van der Waals surface area contributed by atoms with E-state index < -0.39 is 23.7 Å². The standard InChI is InChI=1S/C12H22O4S/c1-17-12-11(15)10(14)9(13)8(16-12)6-7-4-2-3-5-7/h7-15H,2-6H2,1H3/t8-,9+,10+,11-,12-/m1/s1. The van der Waals surface area contributed by atoms with Gasteiger partial charge in [-0.1, -0.05) is 25.7 Å². The molecule has 0 aromatic heterocycles.